The zero-order chi connectivity index (χ0) is 12.3. The summed E-state index contributed by atoms with van der Waals surface area (Å²) in [5, 5.41) is 0. The largest absolute Gasteiger partial charge is 0.329 e. The predicted octanol–water partition coefficient (Wildman–Crippen LogP) is 3.55. The van der Waals surface area contributed by atoms with Crippen LogP contribution in [0, 0.1) is 0 Å². The van der Waals surface area contributed by atoms with Crippen molar-refractivity contribution in [3.63, 3.8) is 0 Å². The minimum atomic E-state index is 0.790. The quantitative estimate of drug-likeness (QED) is 0.817. The van der Waals surface area contributed by atoms with Gasteiger partial charge in [-0.3, -0.25) is 0 Å². The zero-order valence-electron chi connectivity index (χ0n) is 11.8. The molecule has 1 saturated carbocycles. The van der Waals surface area contributed by atoms with E-state index in [2.05, 4.69) is 11.9 Å². The van der Waals surface area contributed by atoms with Crippen molar-refractivity contribution >= 4 is 0 Å². The molecule has 1 rings (SSSR count). The number of nitrogens with two attached hydrogens (primary N) is 1. The smallest absolute Gasteiger partial charge is 0.0104 e. The monoisotopic (exact) mass is 240 g/mol. The molecule has 1 aliphatic rings. The lowest BCUT2D eigenvalue weighted by atomic mass is 9.97. The van der Waals surface area contributed by atoms with Crippen LogP contribution in [-0.2, 0) is 0 Å². The Morgan fingerprint density at radius 3 is 1.65 bits per heavy atom. The van der Waals surface area contributed by atoms with E-state index < -0.39 is 0 Å². The van der Waals surface area contributed by atoms with Crippen molar-refractivity contribution in [2.45, 2.75) is 76.7 Å². The number of rotatable bonds is 3. The van der Waals surface area contributed by atoms with Crippen molar-refractivity contribution < 1.29 is 0 Å². The first-order chi connectivity index (χ1) is 8.34. The Morgan fingerprint density at radius 1 is 0.824 bits per heavy atom. The normalized spacial score (nSPS) is 22.1. The van der Waals surface area contributed by atoms with Crippen LogP contribution in [0.5, 0.6) is 0 Å². The van der Waals surface area contributed by atoms with E-state index in [-0.39, 0.29) is 0 Å². The fourth-order valence-electron chi connectivity index (χ4n) is 2.97. The first kappa shape index (κ1) is 15.0. The summed E-state index contributed by atoms with van der Waals surface area (Å²) in [5.41, 5.74) is 5.67. The molecule has 0 atom stereocenters. The molecule has 0 aromatic rings. The molecular weight excluding hydrogens is 208 g/mol. The molecule has 0 aromatic carbocycles. The second-order valence-electron chi connectivity index (χ2n) is 5.68. The highest BCUT2D eigenvalue weighted by atomic mass is 15.1. The van der Waals surface area contributed by atoms with E-state index in [0.29, 0.717) is 0 Å². The second-order valence-corrected chi connectivity index (χ2v) is 5.68. The van der Waals surface area contributed by atoms with Gasteiger partial charge in [-0.1, -0.05) is 57.8 Å². The van der Waals surface area contributed by atoms with Crippen LogP contribution in [-0.4, -0.2) is 31.1 Å². The van der Waals surface area contributed by atoms with Crippen molar-refractivity contribution in [3.8, 4) is 0 Å². The van der Waals surface area contributed by atoms with Gasteiger partial charge in [-0.25, -0.2) is 0 Å². The van der Waals surface area contributed by atoms with Gasteiger partial charge in [-0.2, -0.15) is 0 Å². The molecule has 0 saturated heterocycles. The van der Waals surface area contributed by atoms with E-state index in [1.54, 1.807) is 0 Å². The third-order valence-corrected chi connectivity index (χ3v) is 4.18. The van der Waals surface area contributed by atoms with Crippen LogP contribution in [0.25, 0.3) is 0 Å². The number of likely N-dealkylation sites (N-methyl/N-ethyl adjacent to an activating group) is 1. The standard InChI is InChI=1S/C15H32N2/c1-17(14-13-16)15-11-9-7-5-3-2-4-6-8-10-12-15/h15H,2-14,16H2,1H3. The molecule has 0 heterocycles. The van der Waals surface area contributed by atoms with E-state index >= 15 is 0 Å². The summed E-state index contributed by atoms with van der Waals surface area (Å²) in [5.74, 6) is 0. The van der Waals surface area contributed by atoms with Crippen LogP contribution >= 0.6 is 0 Å². The Hall–Kier alpha value is -0.0800. The summed E-state index contributed by atoms with van der Waals surface area (Å²) in [7, 11) is 2.25. The predicted molar refractivity (Wildman–Crippen MR) is 76.3 cm³/mol. The number of hydrogen-bond acceptors (Lipinski definition) is 2. The van der Waals surface area contributed by atoms with Gasteiger partial charge < -0.3 is 10.6 Å². The third kappa shape index (κ3) is 7.05. The van der Waals surface area contributed by atoms with Gasteiger partial charge >= 0.3 is 0 Å². The number of hydrogen-bond donors (Lipinski definition) is 1. The van der Waals surface area contributed by atoms with Gasteiger partial charge in [0.25, 0.3) is 0 Å². The van der Waals surface area contributed by atoms with Gasteiger partial charge in [0.2, 0.25) is 0 Å². The van der Waals surface area contributed by atoms with Gasteiger partial charge in [0.15, 0.2) is 0 Å². The second kappa shape index (κ2) is 9.90. The van der Waals surface area contributed by atoms with Crippen LogP contribution < -0.4 is 5.73 Å². The fourth-order valence-corrected chi connectivity index (χ4v) is 2.97. The molecule has 102 valence electrons. The number of nitrogens with zero attached hydrogens (tertiary/aromatic N) is 1. The van der Waals surface area contributed by atoms with E-state index in [4.69, 9.17) is 5.73 Å². The molecular formula is C15H32N2. The van der Waals surface area contributed by atoms with Crippen LogP contribution in [0.2, 0.25) is 0 Å². The average molecular weight is 240 g/mol. The fraction of sp³-hybridized carbons (Fsp3) is 1.00. The maximum Gasteiger partial charge on any atom is 0.0104 e. The SMILES string of the molecule is CN(CCN)C1CCCCCCCCCCC1. The molecule has 0 radical (unpaired) electrons. The molecule has 0 spiro atoms. The minimum absolute atomic E-state index is 0.790. The zero-order valence-corrected chi connectivity index (χ0v) is 11.8. The van der Waals surface area contributed by atoms with E-state index in [0.717, 1.165) is 19.1 Å². The molecule has 1 aliphatic carbocycles. The van der Waals surface area contributed by atoms with Gasteiger partial charge in [-0.15, -0.1) is 0 Å². The molecule has 0 aliphatic heterocycles. The molecule has 0 amide bonds. The molecule has 0 bridgehead atoms. The summed E-state index contributed by atoms with van der Waals surface area (Å²) in [6, 6.07) is 0.790. The van der Waals surface area contributed by atoms with Gasteiger partial charge in [0.05, 0.1) is 0 Å². The Labute approximate surface area is 108 Å². The van der Waals surface area contributed by atoms with E-state index in [9.17, 15) is 0 Å². The highest BCUT2D eigenvalue weighted by molar-refractivity contribution is 4.70. The summed E-state index contributed by atoms with van der Waals surface area (Å²) in [6.07, 6.45) is 15.8. The molecule has 0 aromatic heterocycles. The highest BCUT2D eigenvalue weighted by Crippen LogP contribution is 2.19. The minimum Gasteiger partial charge on any atom is -0.329 e. The summed E-state index contributed by atoms with van der Waals surface area (Å²) < 4.78 is 0. The van der Waals surface area contributed by atoms with E-state index in [1.165, 1.54) is 70.6 Å². The van der Waals surface area contributed by atoms with Crippen LogP contribution in [0.3, 0.4) is 0 Å². The molecule has 2 heteroatoms. The van der Waals surface area contributed by atoms with Crippen molar-refractivity contribution in [1.82, 2.24) is 4.90 Å². The van der Waals surface area contributed by atoms with Crippen molar-refractivity contribution in [2.24, 2.45) is 5.73 Å². The maximum atomic E-state index is 5.67. The lowest BCUT2D eigenvalue weighted by molar-refractivity contribution is 0.214. The Balaban J connectivity index is 2.31. The van der Waals surface area contributed by atoms with Crippen LogP contribution in [0.1, 0.15) is 70.6 Å². The molecule has 1 fully saturated rings. The summed E-state index contributed by atoms with van der Waals surface area (Å²) in [4.78, 5) is 2.49. The Morgan fingerprint density at radius 2 is 1.24 bits per heavy atom. The van der Waals surface area contributed by atoms with Crippen molar-refractivity contribution in [2.75, 3.05) is 20.1 Å². The molecule has 2 nitrogen and oxygen atoms in total. The average Bonchev–Trinajstić information content (AvgIpc) is 2.30. The molecule has 2 N–H and O–H groups in total. The molecule has 17 heavy (non-hydrogen) atoms. The topological polar surface area (TPSA) is 29.3 Å². The first-order valence-electron chi connectivity index (χ1n) is 7.75. The van der Waals surface area contributed by atoms with Crippen molar-refractivity contribution in [1.29, 1.82) is 0 Å². The Kier molecular flexibility index (Phi) is 8.72. The summed E-state index contributed by atoms with van der Waals surface area (Å²) in [6.45, 7) is 1.86. The van der Waals surface area contributed by atoms with Gasteiger partial charge in [0.1, 0.15) is 0 Å². The van der Waals surface area contributed by atoms with Crippen molar-refractivity contribution in [3.05, 3.63) is 0 Å². The highest BCUT2D eigenvalue weighted by Gasteiger charge is 2.13. The summed E-state index contributed by atoms with van der Waals surface area (Å²) >= 11 is 0. The third-order valence-electron chi connectivity index (χ3n) is 4.18. The van der Waals surface area contributed by atoms with Crippen LogP contribution in [0.4, 0.5) is 0 Å². The Bertz CT molecular complexity index is 158. The lowest BCUT2D eigenvalue weighted by Crippen LogP contribution is -2.35. The molecule has 0 unspecified atom stereocenters. The van der Waals surface area contributed by atoms with Crippen LogP contribution in [0.15, 0.2) is 0 Å². The van der Waals surface area contributed by atoms with E-state index in [1.807, 2.05) is 0 Å². The van der Waals surface area contributed by atoms with Gasteiger partial charge in [0, 0.05) is 19.1 Å². The lowest BCUT2D eigenvalue weighted by Gasteiger charge is -2.28. The first-order valence-corrected chi connectivity index (χ1v) is 7.75. The van der Waals surface area contributed by atoms with Gasteiger partial charge in [-0.05, 0) is 19.9 Å². The maximum absolute atomic E-state index is 5.67.